The van der Waals surface area contributed by atoms with Crippen LogP contribution in [0.15, 0.2) is 28.7 Å². The summed E-state index contributed by atoms with van der Waals surface area (Å²) in [6.07, 6.45) is 3.76. The van der Waals surface area contributed by atoms with Crippen molar-refractivity contribution in [2.45, 2.75) is 51.7 Å². The highest BCUT2D eigenvalue weighted by atomic mass is 79.9. The third-order valence-electron chi connectivity index (χ3n) is 4.06. The fourth-order valence-electron chi connectivity index (χ4n) is 2.86. The number of rotatable bonds is 5. The van der Waals surface area contributed by atoms with E-state index < -0.39 is 0 Å². The smallest absolute Gasteiger partial charge is 0.0249 e. The van der Waals surface area contributed by atoms with Crippen molar-refractivity contribution in [1.82, 2.24) is 10.2 Å². The summed E-state index contributed by atoms with van der Waals surface area (Å²) in [6.45, 7) is 7.92. The van der Waals surface area contributed by atoms with Crippen molar-refractivity contribution >= 4 is 15.9 Å². The third kappa shape index (κ3) is 4.04. The largest absolute Gasteiger partial charge is 0.311 e. The minimum Gasteiger partial charge on any atom is -0.311 e. The van der Waals surface area contributed by atoms with E-state index in [1.807, 2.05) is 0 Å². The maximum Gasteiger partial charge on any atom is 0.0249 e. The molecule has 0 saturated carbocycles. The van der Waals surface area contributed by atoms with Crippen LogP contribution in [0.5, 0.6) is 0 Å². The summed E-state index contributed by atoms with van der Waals surface area (Å²) in [7, 11) is 0. The van der Waals surface area contributed by atoms with Crippen molar-refractivity contribution < 1.29 is 0 Å². The van der Waals surface area contributed by atoms with Crippen LogP contribution in [0.25, 0.3) is 0 Å². The first kappa shape index (κ1) is 15.0. The van der Waals surface area contributed by atoms with Crippen molar-refractivity contribution in [1.29, 1.82) is 0 Å². The van der Waals surface area contributed by atoms with Gasteiger partial charge in [0.1, 0.15) is 0 Å². The number of benzene rings is 1. The lowest BCUT2D eigenvalue weighted by atomic mass is 10.0. The second-order valence-corrected chi connectivity index (χ2v) is 6.33. The van der Waals surface area contributed by atoms with Gasteiger partial charge in [-0.05, 0) is 24.5 Å². The fraction of sp³-hybridized carbons (Fsp3) is 0.625. The van der Waals surface area contributed by atoms with E-state index in [0.29, 0.717) is 12.1 Å². The SMILES string of the molecule is CCCC1CNC(CC)CN1Cc1ccccc1Br. The Morgan fingerprint density at radius 2 is 2.11 bits per heavy atom. The molecule has 106 valence electrons. The van der Waals surface area contributed by atoms with Crippen molar-refractivity contribution in [2.75, 3.05) is 13.1 Å². The first-order valence-electron chi connectivity index (χ1n) is 7.45. The quantitative estimate of drug-likeness (QED) is 0.886. The lowest BCUT2D eigenvalue weighted by molar-refractivity contribution is 0.113. The van der Waals surface area contributed by atoms with Gasteiger partial charge in [-0.15, -0.1) is 0 Å². The Balaban J connectivity index is 2.07. The van der Waals surface area contributed by atoms with Gasteiger partial charge in [-0.2, -0.15) is 0 Å². The molecule has 0 aromatic heterocycles. The van der Waals surface area contributed by atoms with Crippen LogP contribution in [0.1, 0.15) is 38.7 Å². The van der Waals surface area contributed by atoms with Gasteiger partial charge in [0.25, 0.3) is 0 Å². The molecule has 1 N–H and O–H groups in total. The second kappa shape index (κ2) is 7.41. The van der Waals surface area contributed by atoms with E-state index in [2.05, 4.69) is 64.3 Å². The molecule has 0 radical (unpaired) electrons. The van der Waals surface area contributed by atoms with E-state index in [1.165, 1.54) is 35.8 Å². The molecule has 19 heavy (non-hydrogen) atoms. The number of hydrogen-bond donors (Lipinski definition) is 1. The van der Waals surface area contributed by atoms with Crippen molar-refractivity contribution in [3.05, 3.63) is 34.3 Å². The summed E-state index contributed by atoms with van der Waals surface area (Å²) in [6, 6.07) is 9.92. The van der Waals surface area contributed by atoms with Crippen LogP contribution < -0.4 is 5.32 Å². The van der Waals surface area contributed by atoms with E-state index in [1.54, 1.807) is 0 Å². The Bertz CT molecular complexity index is 394. The summed E-state index contributed by atoms with van der Waals surface area (Å²) in [5, 5.41) is 3.68. The van der Waals surface area contributed by atoms with Gasteiger partial charge >= 0.3 is 0 Å². The Labute approximate surface area is 125 Å². The molecule has 0 spiro atoms. The molecule has 1 heterocycles. The molecule has 2 nitrogen and oxygen atoms in total. The van der Waals surface area contributed by atoms with Gasteiger partial charge in [0.05, 0.1) is 0 Å². The molecule has 0 aliphatic carbocycles. The molecule has 0 bridgehead atoms. The lowest BCUT2D eigenvalue weighted by Crippen LogP contribution is -2.55. The molecule has 1 aromatic carbocycles. The molecule has 2 atom stereocenters. The normalized spacial score (nSPS) is 24.6. The summed E-state index contributed by atoms with van der Waals surface area (Å²) in [5.41, 5.74) is 1.40. The fourth-order valence-corrected chi connectivity index (χ4v) is 3.27. The summed E-state index contributed by atoms with van der Waals surface area (Å²) < 4.78 is 1.23. The lowest BCUT2D eigenvalue weighted by Gasteiger charge is -2.40. The van der Waals surface area contributed by atoms with E-state index in [9.17, 15) is 0 Å². The molecule has 2 rings (SSSR count). The molecule has 1 aliphatic heterocycles. The topological polar surface area (TPSA) is 15.3 Å². The molecule has 3 heteroatoms. The monoisotopic (exact) mass is 324 g/mol. The van der Waals surface area contributed by atoms with Crippen LogP contribution in [0.2, 0.25) is 0 Å². The highest BCUT2D eigenvalue weighted by molar-refractivity contribution is 9.10. The van der Waals surface area contributed by atoms with Crippen LogP contribution in [0.3, 0.4) is 0 Å². The van der Waals surface area contributed by atoms with Gasteiger partial charge in [0.15, 0.2) is 0 Å². The molecule has 1 fully saturated rings. The zero-order chi connectivity index (χ0) is 13.7. The Hall–Kier alpha value is -0.380. The zero-order valence-electron chi connectivity index (χ0n) is 12.0. The van der Waals surface area contributed by atoms with Crippen LogP contribution >= 0.6 is 15.9 Å². The van der Waals surface area contributed by atoms with E-state index in [0.717, 1.165) is 13.1 Å². The van der Waals surface area contributed by atoms with Crippen LogP contribution in [-0.4, -0.2) is 30.1 Å². The number of halogens is 1. The Morgan fingerprint density at radius 3 is 2.79 bits per heavy atom. The van der Waals surface area contributed by atoms with Gasteiger partial charge < -0.3 is 5.32 Å². The van der Waals surface area contributed by atoms with Gasteiger partial charge in [-0.25, -0.2) is 0 Å². The molecular weight excluding hydrogens is 300 g/mol. The highest BCUT2D eigenvalue weighted by Crippen LogP contribution is 2.22. The van der Waals surface area contributed by atoms with E-state index in [4.69, 9.17) is 0 Å². The summed E-state index contributed by atoms with van der Waals surface area (Å²) >= 11 is 3.67. The summed E-state index contributed by atoms with van der Waals surface area (Å²) in [4.78, 5) is 2.66. The predicted octanol–water partition coefficient (Wildman–Crippen LogP) is 3.80. The number of nitrogens with zero attached hydrogens (tertiary/aromatic N) is 1. The molecule has 1 aromatic rings. The van der Waals surface area contributed by atoms with Crippen molar-refractivity contribution in [3.63, 3.8) is 0 Å². The average molecular weight is 325 g/mol. The predicted molar refractivity (Wildman–Crippen MR) is 85.3 cm³/mol. The van der Waals surface area contributed by atoms with Gasteiger partial charge in [-0.3, -0.25) is 4.90 Å². The Kier molecular flexibility index (Phi) is 5.86. The van der Waals surface area contributed by atoms with Crippen LogP contribution in [0.4, 0.5) is 0 Å². The second-order valence-electron chi connectivity index (χ2n) is 5.48. The minimum atomic E-state index is 0.649. The van der Waals surface area contributed by atoms with E-state index in [-0.39, 0.29) is 0 Å². The molecule has 1 saturated heterocycles. The van der Waals surface area contributed by atoms with Crippen molar-refractivity contribution in [3.8, 4) is 0 Å². The van der Waals surface area contributed by atoms with E-state index >= 15 is 0 Å². The summed E-state index contributed by atoms with van der Waals surface area (Å²) in [5.74, 6) is 0. The molecule has 2 unspecified atom stereocenters. The number of nitrogens with one attached hydrogen (secondary N) is 1. The number of hydrogen-bond acceptors (Lipinski definition) is 2. The van der Waals surface area contributed by atoms with Gasteiger partial charge in [0, 0.05) is 36.2 Å². The van der Waals surface area contributed by atoms with Crippen molar-refractivity contribution in [2.24, 2.45) is 0 Å². The molecular formula is C16H25BrN2. The average Bonchev–Trinajstić information content (AvgIpc) is 2.43. The number of piperazine rings is 1. The highest BCUT2D eigenvalue weighted by Gasteiger charge is 2.26. The molecule has 0 amide bonds. The maximum absolute atomic E-state index is 3.68. The molecule has 1 aliphatic rings. The zero-order valence-corrected chi connectivity index (χ0v) is 13.6. The van der Waals surface area contributed by atoms with Gasteiger partial charge in [-0.1, -0.05) is 54.4 Å². The minimum absolute atomic E-state index is 0.649. The van der Waals surface area contributed by atoms with Crippen LogP contribution in [-0.2, 0) is 6.54 Å². The Morgan fingerprint density at radius 1 is 1.32 bits per heavy atom. The maximum atomic E-state index is 3.68. The van der Waals surface area contributed by atoms with Crippen LogP contribution in [0, 0.1) is 0 Å². The standard InChI is InChI=1S/C16H25BrN2/c1-3-7-15-10-18-14(4-2)12-19(15)11-13-8-5-6-9-16(13)17/h5-6,8-9,14-15,18H,3-4,7,10-12H2,1-2H3. The third-order valence-corrected chi connectivity index (χ3v) is 4.83. The first-order valence-corrected chi connectivity index (χ1v) is 8.24. The van der Waals surface area contributed by atoms with Gasteiger partial charge in [0.2, 0.25) is 0 Å². The first-order chi connectivity index (χ1) is 9.24.